The number of benzene rings is 2. The number of likely N-dealkylation sites (tertiary alicyclic amines) is 1. The average molecular weight is 411 g/mol. The number of rotatable bonds is 3. The smallest absolute Gasteiger partial charge is 0.410 e. The molecular formula is C25H34N2O3. The van der Waals surface area contributed by atoms with Crippen LogP contribution < -0.4 is 5.73 Å². The molecule has 1 aliphatic heterocycles. The molecule has 0 aliphatic carbocycles. The van der Waals surface area contributed by atoms with Crippen molar-refractivity contribution in [3.8, 4) is 0 Å². The Labute approximate surface area is 180 Å². The van der Waals surface area contributed by atoms with Gasteiger partial charge in [0.15, 0.2) is 0 Å². The van der Waals surface area contributed by atoms with E-state index in [1.807, 2.05) is 69.3 Å². The van der Waals surface area contributed by atoms with E-state index in [0.717, 1.165) is 5.56 Å². The highest BCUT2D eigenvalue weighted by Gasteiger charge is 2.39. The summed E-state index contributed by atoms with van der Waals surface area (Å²) in [5, 5.41) is 0. The first kappa shape index (κ1) is 23.5. The minimum absolute atomic E-state index is 0.286. The second-order valence-corrected chi connectivity index (χ2v) is 8.91. The van der Waals surface area contributed by atoms with Gasteiger partial charge in [0, 0.05) is 24.9 Å². The van der Waals surface area contributed by atoms with Gasteiger partial charge in [-0.25, -0.2) is 4.79 Å². The van der Waals surface area contributed by atoms with Crippen molar-refractivity contribution in [1.29, 1.82) is 0 Å². The largest absolute Gasteiger partial charge is 0.444 e. The van der Waals surface area contributed by atoms with Crippen LogP contribution in [0.4, 0.5) is 4.79 Å². The molecule has 0 bridgehead atoms. The van der Waals surface area contributed by atoms with Crippen LogP contribution in [-0.4, -0.2) is 35.6 Å². The van der Waals surface area contributed by atoms with E-state index >= 15 is 0 Å². The summed E-state index contributed by atoms with van der Waals surface area (Å²) in [6.07, 6.45) is 1.43. The number of nitrogens with two attached hydrogens (primary N) is 1. The second-order valence-electron chi connectivity index (χ2n) is 8.91. The lowest BCUT2D eigenvalue weighted by Crippen LogP contribution is -2.48. The van der Waals surface area contributed by atoms with Crippen molar-refractivity contribution in [2.75, 3.05) is 13.1 Å². The summed E-state index contributed by atoms with van der Waals surface area (Å²) < 4.78 is 5.43. The van der Waals surface area contributed by atoms with Gasteiger partial charge in [0.25, 0.3) is 0 Å². The number of piperidine rings is 1. The molecule has 0 aromatic heterocycles. The van der Waals surface area contributed by atoms with Crippen LogP contribution in [-0.2, 0) is 14.9 Å². The molecule has 2 N–H and O–H groups in total. The lowest BCUT2D eigenvalue weighted by Gasteiger charge is -2.42. The molecule has 0 spiro atoms. The molecule has 1 heterocycles. The van der Waals surface area contributed by atoms with Crippen LogP contribution in [0.1, 0.15) is 51.2 Å². The van der Waals surface area contributed by atoms with Crippen LogP contribution in [0.25, 0.3) is 0 Å². The fourth-order valence-electron chi connectivity index (χ4n) is 3.67. The van der Waals surface area contributed by atoms with Gasteiger partial charge in [-0.2, -0.15) is 0 Å². The molecule has 1 fully saturated rings. The molecule has 2 aromatic rings. The first-order valence-corrected chi connectivity index (χ1v) is 10.4. The summed E-state index contributed by atoms with van der Waals surface area (Å²) in [7, 11) is 0. The zero-order valence-corrected chi connectivity index (χ0v) is 18.6. The van der Waals surface area contributed by atoms with E-state index < -0.39 is 5.60 Å². The molecule has 0 radical (unpaired) electrons. The molecule has 3 rings (SSSR count). The van der Waals surface area contributed by atoms with Crippen LogP contribution in [0.15, 0.2) is 60.7 Å². The minimum atomic E-state index is -0.502. The van der Waals surface area contributed by atoms with E-state index in [-0.39, 0.29) is 17.4 Å². The fraction of sp³-hybridized carbons (Fsp3) is 0.440. The Bertz CT molecular complexity index is 805. The van der Waals surface area contributed by atoms with E-state index in [0.29, 0.717) is 32.4 Å². The molecular weight excluding hydrogens is 376 g/mol. The highest BCUT2D eigenvalue weighted by atomic mass is 16.6. The van der Waals surface area contributed by atoms with Crippen molar-refractivity contribution >= 4 is 12.0 Å². The van der Waals surface area contributed by atoms with Crippen LogP contribution in [0.3, 0.4) is 0 Å². The first-order valence-electron chi connectivity index (χ1n) is 10.4. The highest BCUT2D eigenvalue weighted by Crippen LogP contribution is 2.38. The number of primary amides is 1. The summed E-state index contributed by atoms with van der Waals surface area (Å²) in [6, 6.07) is 20.2. The Hall–Kier alpha value is -2.82. The molecule has 5 nitrogen and oxygen atoms in total. The normalized spacial score (nSPS) is 15.5. The maximum Gasteiger partial charge on any atom is 0.410 e. The second kappa shape index (κ2) is 10.3. The molecule has 5 heteroatoms. The molecule has 1 saturated heterocycles. The number of amides is 2. The van der Waals surface area contributed by atoms with Gasteiger partial charge in [0.05, 0.1) is 0 Å². The summed E-state index contributed by atoms with van der Waals surface area (Å²) in [6.45, 7) is 8.79. The van der Waals surface area contributed by atoms with Gasteiger partial charge >= 0.3 is 6.09 Å². The van der Waals surface area contributed by atoms with E-state index in [9.17, 15) is 9.59 Å². The zero-order chi connectivity index (χ0) is 22.2. The quantitative estimate of drug-likeness (QED) is 0.788. The third kappa shape index (κ3) is 7.21. The minimum Gasteiger partial charge on any atom is -0.444 e. The van der Waals surface area contributed by atoms with E-state index in [2.05, 4.69) is 19.1 Å². The van der Waals surface area contributed by atoms with Gasteiger partial charge in [-0.1, -0.05) is 66.2 Å². The predicted molar refractivity (Wildman–Crippen MR) is 120 cm³/mol. The third-order valence-electron chi connectivity index (χ3n) is 5.21. The Kier molecular flexibility index (Phi) is 8.04. The number of ether oxygens (including phenoxy) is 1. The van der Waals surface area contributed by atoms with Crippen LogP contribution in [0.5, 0.6) is 0 Å². The van der Waals surface area contributed by atoms with Crippen molar-refractivity contribution in [1.82, 2.24) is 4.90 Å². The summed E-state index contributed by atoms with van der Waals surface area (Å²) in [5.74, 6) is -0.306. The maximum atomic E-state index is 12.2. The Morgan fingerprint density at radius 2 is 1.47 bits per heavy atom. The fourth-order valence-corrected chi connectivity index (χ4v) is 3.67. The van der Waals surface area contributed by atoms with Crippen molar-refractivity contribution in [2.45, 2.75) is 58.0 Å². The van der Waals surface area contributed by atoms with Crippen LogP contribution in [0.2, 0.25) is 0 Å². The highest BCUT2D eigenvalue weighted by molar-refractivity contribution is 5.76. The van der Waals surface area contributed by atoms with Gasteiger partial charge in [-0.05, 0) is 46.1 Å². The van der Waals surface area contributed by atoms with Crippen molar-refractivity contribution in [3.05, 3.63) is 71.8 Å². The standard InChI is InChI=1S/C18H26N2O3.C7H8/c1-17(2,3)23-16(22)20-11-9-18(10-12-20,13-15(19)21)14-7-5-4-6-8-14;1-7-5-3-2-4-6-7/h4-8H,9-13H2,1-3H3,(H2,19,21);2-6H,1H3. The van der Waals surface area contributed by atoms with Gasteiger partial charge in [0.1, 0.15) is 5.60 Å². The lowest BCUT2D eigenvalue weighted by molar-refractivity contribution is -0.119. The maximum absolute atomic E-state index is 12.2. The SMILES string of the molecule is CC(C)(C)OC(=O)N1CCC(CC(N)=O)(c2ccccc2)CC1.Cc1ccccc1. The van der Waals surface area contributed by atoms with Gasteiger partial charge in [-0.3, -0.25) is 4.79 Å². The third-order valence-corrected chi connectivity index (χ3v) is 5.21. The average Bonchev–Trinajstić information content (AvgIpc) is 2.68. The number of carbonyl (C=O) groups excluding carboxylic acids is 2. The Morgan fingerprint density at radius 1 is 0.967 bits per heavy atom. The molecule has 2 amide bonds. The topological polar surface area (TPSA) is 72.6 Å². The van der Waals surface area contributed by atoms with E-state index in [1.54, 1.807) is 4.90 Å². The van der Waals surface area contributed by atoms with Crippen LogP contribution in [0, 0.1) is 6.92 Å². The van der Waals surface area contributed by atoms with Gasteiger partial charge in [0.2, 0.25) is 5.91 Å². The number of carbonyl (C=O) groups is 2. The van der Waals surface area contributed by atoms with E-state index in [4.69, 9.17) is 10.5 Å². The van der Waals surface area contributed by atoms with Crippen molar-refractivity contribution < 1.29 is 14.3 Å². The number of hydrogen-bond acceptors (Lipinski definition) is 3. The lowest BCUT2D eigenvalue weighted by atomic mass is 9.70. The molecule has 2 aromatic carbocycles. The number of nitrogens with zero attached hydrogens (tertiary/aromatic N) is 1. The van der Waals surface area contributed by atoms with Crippen molar-refractivity contribution in [3.63, 3.8) is 0 Å². The summed E-state index contributed by atoms with van der Waals surface area (Å²) in [4.78, 5) is 25.5. The van der Waals surface area contributed by atoms with E-state index in [1.165, 1.54) is 5.56 Å². The monoisotopic (exact) mass is 410 g/mol. The molecule has 0 unspecified atom stereocenters. The van der Waals surface area contributed by atoms with Crippen molar-refractivity contribution in [2.24, 2.45) is 5.73 Å². The molecule has 162 valence electrons. The molecule has 0 atom stereocenters. The zero-order valence-electron chi connectivity index (χ0n) is 18.6. The summed E-state index contributed by atoms with van der Waals surface area (Å²) >= 11 is 0. The number of hydrogen-bond donors (Lipinski definition) is 1. The Morgan fingerprint density at radius 3 is 1.87 bits per heavy atom. The molecule has 0 saturated carbocycles. The summed E-state index contributed by atoms with van der Waals surface area (Å²) in [5.41, 5.74) is 7.13. The Balaban J connectivity index is 0.000000386. The predicted octanol–water partition coefficient (Wildman–Crippen LogP) is 4.83. The molecule has 1 aliphatic rings. The van der Waals surface area contributed by atoms with Gasteiger partial charge in [-0.15, -0.1) is 0 Å². The first-order chi connectivity index (χ1) is 14.1. The number of aryl methyl sites for hydroxylation is 1. The van der Waals surface area contributed by atoms with Gasteiger partial charge < -0.3 is 15.4 Å². The van der Waals surface area contributed by atoms with Crippen LogP contribution >= 0.6 is 0 Å². The molecule has 30 heavy (non-hydrogen) atoms.